The van der Waals surface area contributed by atoms with Gasteiger partial charge >= 0.3 is 0 Å². The number of nitrogens with two attached hydrogens (primary N) is 1. The Morgan fingerprint density at radius 1 is 1.23 bits per heavy atom. The van der Waals surface area contributed by atoms with Crippen LogP contribution in [-0.4, -0.2) is 5.91 Å². The molecule has 0 atom stereocenters. The van der Waals surface area contributed by atoms with Crippen molar-refractivity contribution in [3.05, 3.63) is 70.3 Å². The minimum Gasteiger partial charge on any atom is -0.488 e. The Hall–Kier alpha value is -3.06. The molecule has 2 aromatic carbocycles. The maximum absolute atomic E-state index is 11.5. The minimum atomic E-state index is -0.750. The topological polar surface area (TPSA) is 76.1 Å². The van der Waals surface area contributed by atoms with Crippen molar-refractivity contribution in [2.24, 2.45) is 5.73 Å². The van der Waals surface area contributed by atoms with E-state index in [0.29, 0.717) is 17.9 Å². The fourth-order valence-corrected chi connectivity index (χ4v) is 2.67. The number of carbonyl (C=O) groups excluding carboxylic acids is 1. The number of ether oxygens (including phenoxy) is 1. The van der Waals surface area contributed by atoms with Crippen LogP contribution in [0.4, 0.5) is 0 Å². The number of amides is 1. The SMILES string of the molecule is Cc1cc(/C=C(\C#N)C(N)=O)c(OCc2ccccc2)c(C(C)(C)C)c1. The number of rotatable bonds is 5. The number of carbonyl (C=O) groups is 1. The zero-order valence-electron chi connectivity index (χ0n) is 15.7. The average Bonchev–Trinajstić information content (AvgIpc) is 2.58. The first-order chi connectivity index (χ1) is 12.2. The highest BCUT2D eigenvalue weighted by Gasteiger charge is 2.22. The van der Waals surface area contributed by atoms with Crippen LogP contribution in [0.5, 0.6) is 5.75 Å². The highest BCUT2D eigenvalue weighted by atomic mass is 16.5. The van der Waals surface area contributed by atoms with Crippen molar-refractivity contribution in [1.82, 2.24) is 0 Å². The number of nitriles is 1. The molecule has 26 heavy (non-hydrogen) atoms. The molecule has 0 aromatic heterocycles. The number of hydrogen-bond acceptors (Lipinski definition) is 3. The summed E-state index contributed by atoms with van der Waals surface area (Å²) in [5, 5.41) is 9.20. The van der Waals surface area contributed by atoms with Gasteiger partial charge in [-0.15, -0.1) is 0 Å². The molecule has 0 aliphatic carbocycles. The van der Waals surface area contributed by atoms with Crippen molar-refractivity contribution in [1.29, 1.82) is 5.26 Å². The number of benzene rings is 2. The molecule has 134 valence electrons. The standard InChI is InChI=1S/C22H24N2O2/c1-15-10-17(12-18(13-23)21(24)25)20(19(11-15)22(2,3)4)26-14-16-8-6-5-7-9-16/h5-12H,14H2,1-4H3,(H2,24,25)/b18-12+. The molecule has 4 heteroatoms. The molecule has 1 amide bonds. The first-order valence-electron chi connectivity index (χ1n) is 8.46. The predicted octanol–water partition coefficient (Wildman–Crippen LogP) is 4.26. The van der Waals surface area contributed by atoms with Crippen molar-refractivity contribution in [3.63, 3.8) is 0 Å². The fourth-order valence-electron chi connectivity index (χ4n) is 2.67. The second-order valence-electron chi connectivity index (χ2n) is 7.29. The van der Waals surface area contributed by atoms with E-state index in [-0.39, 0.29) is 11.0 Å². The molecule has 2 rings (SSSR count). The lowest BCUT2D eigenvalue weighted by Gasteiger charge is -2.25. The van der Waals surface area contributed by atoms with Gasteiger partial charge < -0.3 is 10.5 Å². The van der Waals surface area contributed by atoms with Crippen molar-refractivity contribution >= 4 is 12.0 Å². The van der Waals surface area contributed by atoms with Gasteiger partial charge in [-0.1, -0.05) is 57.2 Å². The molecule has 2 aromatic rings. The lowest BCUT2D eigenvalue weighted by Crippen LogP contribution is -2.16. The summed E-state index contributed by atoms with van der Waals surface area (Å²) in [7, 11) is 0. The van der Waals surface area contributed by atoms with E-state index in [1.54, 1.807) is 0 Å². The minimum absolute atomic E-state index is 0.0972. The summed E-state index contributed by atoms with van der Waals surface area (Å²) >= 11 is 0. The van der Waals surface area contributed by atoms with Crippen LogP contribution < -0.4 is 10.5 Å². The van der Waals surface area contributed by atoms with E-state index in [9.17, 15) is 10.1 Å². The van der Waals surface area contributed by atoms with Crippen molar-refractivity contribution < 1.29 is 9.53 Å². The Morgan fingerprint density at radius 3 is 2.42 bits per heavy atom. The summed E-state index contributed by atoms with van der Waals surface area (Å²) in [6.07, 6.45) is 1.50. The third-order valence-corrected chi connectivity index (χ3v) is 3.98. The zero-order valence-corrected chi connectivity index (χ0v) is 15.7. The number of hydrogen-bond donors (Lipinski definition) is 1. The molecule has 0 fully saturated rings. The molecule has 0 bridgehead atoms. The lowest BCUT2D eigenvalue weighted by atomic mass is 9.84. The highest BCUT2D eigenvalue weighted by molar-refractivity contribution is 6.01. The Bertz CT molecular complexity index is 869. The Morgan fingerprint density at radius 2 is 1.88 bits per heavy atom. The van der Waals surface area contributed by atoms with Crippen LogP contribution in [-0.2, 0) is 16.8 Å². The van der Waals surface area contributed by atoms with Gasteiger partial charge in [0.15, 0.2) is 0 Å². The van der Waals surface area contributed by atoms with Crippen LogP contribution in [0.2, 0.25) is 0 Å². The molecular weight excluding hydrogens is 324 g/mol. The quantitative estimate of drug-likeness (QED) is 0.648. The molecule has 0 radical (unpaired) electrons. The van der Waals surface area contributed by atoms with Crippen LogP contribution in [0.15, 0.2) is 48.0 Å². The first kappa shape index (κ1) is 19.3. The van der Waals surface area contributed by atoms with E-state index >= 15 is 0 Å². The Kier molecular flexibility index (Phi) is 5.84. The predicted molar refractivity (Wildman–Crippen MR) is 103 cm³/mol. The van der Waals surface area contributed by atoms with Gasteiger partial charge in [0.1, 0.15) is 24.0 Å². The van der Waals surface area contributed by atoms with Gasteiger partial charge in [0.25, 0.3) is 5.91 Å². The van der Waals surface area contributed by atoms with Gasteiger partial charge in [0.05, 0.1) is 0 Å². The Balaban J connectivity index is 2.57. The molecule has 0 aliphatic rings. The van der Waals surface area contributed by atoms with Crippen LogP contribution in [0, 0.1) is 18.3 Å². The molecular formula is C22H24N2O2. The molecule has 0 heterocycles. The first-order valence-corrected chi connectivity index (χ1v) is 8.46. The summed E-state index contributed by atoms with van der Waals surface area (Å²) in [6, 6.07) is 15.7. The van der Waals surface area contributed by atoms with Crippen molar-refractivity contribution in [2.75, 3.05) is 0 Å². The second-order valence-corrected chi connectivity index (χ2v) is 7.29. The van der Waals surface area contributed by atoms with Crippen LogP contribution in [0.25, 0.3) is 6.08 Å². The molecule has 4 nitrogen and oxygen atoms in total. The van der Waals surface area contributed by atoms with E-state index in [4.69, 9.17) is 10.5 Å². The lowest BCUT2D eigenvalue weighted by molar-refractivity contribution is -0.114. The van der Waals surface area contributed by atoms with E-state index in [2.05, 4.69) is 26.8 Å². The average molecular weight is 348 g/mol. The third kappa shape index (κ3) is 4.73. The van der Waals surface area contributed by atoms with E-state index in [1.807, 2.05) is 49.4 Å². The van der Waals surface area contributed by atoms with Crippen LogP contribution in [0.1, 0.15) is 43.0 Å². The number of aryl methyl sites for hydroxylation is 1. The zero-order chi connectivity index (χ0) is 19.3. The van der Waals surface area contributed by atoms with E-state index in [1.165, 1.54) is 6.08 Å². The van der Waals surface area contributed by atoms with Gasteiger partial charge in [-0.3, -0.25) is 4.79 Å². The van der Waals surface area contributed by atoms with Crippen molar-refractivity contribution in [2.45, 2.75) is 39.7 Å². The highest BCUT2D eigenvalue weighted by Crippen LogP contribution is 2.37. The molecule has 0 saturated heterocycles. The summed E-state index contributed by atoms with van der Waals surface area (Å²) in [5.41, 5.74) is 8.80. The summed E-state index contributed by atoms with van der Waals surface area (Å²) in [6.45, 7) is 8.67. The van der Waals surface area contributed by atoms with Gasteiger partial charge in [0.2, 0.25) is 0 Å². The number of nitrogens with zero attached hydrogens (tertiary/aromatic N) is 1. The maximum Gasteiger partial charge on any atom is 0.259 e. The van der Waals surface area contributed by atoms with Gasteiger partial charge in [0, 0.05) is 11.1 Å². The van der Waals surface area contributed by atoms with Gasteiger partial charge in [-0.2, -0.15) is 5.26 Å². The second kappa shape index (κ2) is 7.88. The molecule has 0 spiro atoms. The van der Waals surface area contributed by atoms with Crippen LogP contribution >= 0.6 is 0 Å². The van der Waals surface area contributed by atoms with E-state index in [0.717, 1.165) is 16.7 Å². The van der Waals surface area contributed by atoms with Gasteiger partial charge in [-0.25, -0.2) is 0 Å². The molecule has 0 unspecified atom stereocenters. The van der Waals surface area contributed by atoms with Crippen LogP contribution in [0.3, 0.4) is 0 Å². The van der Waals surface area contributed by atoms with E-state index < -0.39 is 5.91 Å². The van der Waals surface area contributed by atoms with Crippen molar-refractivity contribution in [3.8, 4) is 11.8 Å². The number of primary amides is 1. The molecule has 0 aliphatic heterocycles. The molecule has 0 saturated carbocycles. The maximum atomic E-state index is 11.5. The smallest absolute Gasteiger partial charge is 0.259 e. The Labute approximate surface area is 154 Å². The monoisotopic (exact) mass is 348 g/mol. The largest absolute Gasteiger partial charge is 0.488 e. The molecule has 2 N–H and O–H groups in total. The fraction of sp³-hybridized carbons (Fsp3) is 0.273. The summed E-state index contributed by atoms with van der Waals surface area (Å²) in [4.78, 5) is 11.5. The summed E-state index contributed by atoms with van der Waals surface area (Å²) < 4.78 is 6.15. The normalized spacial score (nSPS) is 11.7. The third-order valence-electron chi connectivity index (χ3n) is 3.98. The van der Waals surface area contributed by atoms with Gasteiger partial charge in [-0.05, 0) is 35.6 Å². The summed E-state index contributed by atoms with van der Waals surface area (Å²) in [5.74, 6) is -0.0822.